The highest BCUT2D eigenvalue weighted by Crippen LogP contribution is 2.14. The van der Waals surface area contributed by atoms with Gasteiger partial charge in [-0.2, -0.15) is 0 Å². The summed E-state index contributed by atoms with van der Waals surface area (Å²) in [6.45, 7) is 1.84. The Balaban J connectivity index is 2.77. The Labute approximate surface area is 76.2 Å². The average molecular weight is 182 g/mol. The summed E-state index contributed by atoms with van der Waals surface area (Å²) in [6.07, 6.45) is 8.24. The molecule has 1 atom stereocenters. The van der Waals surface area contributed by atoms with E-state index in [1.54, 1.807) is 6.20 Å². The van der Waals surface area contributed by atoms with Crippen molar-refractivity contribution in [1.82, 2.24) is 9.97 Å². The smallest absolute Gasteiger partial charge is 0.171 e. The zero-order valence-electron chi connectivity index (χ0n) is 6.58. The lowest BCUT2D eigenvalue weighted by atomic mass is 10.3. The summed E-state index contributed by atoms with van der Waals surface area (Å²) in [4.78, 5) is 7.80. The van der Waals surface area contributed by atoms with Crippen LogP contribution in [0, 0.1) is 12.3 Å². The summed E-state index contributed by atoms with van der Waals surface area (Å²) in [5, 5.41) is 3.25. The fourth-order valence-electron chi connectivity index (χ4n) is 0.665. The zero-order valence-corrected chi connectivity index (χ0v) is 7.34. The van der Waals surface area contributed by atoms with Crippen LogP contribution in [0.1, 0.15) is 6.92 Å². The van der Waals surface area contributed by atoms with Crippen LogP contribution in [0.5, 0.6) is 0 Å². The second-order valence-corrected chi connectivity index (χ2v) is 2.59. The molecule has 0 saturated carbocycles. The van der Waals surface area contributed by atoms with Crippen LogP contribution in [0.4, 0.5) is 5.82 Å². The maximum Gasteiger partial charge on any atom is 0.171 e. The average Bonchev–Trinajstić information content (AvgIpc) is 2.09. The van der Waals surface area contributed by atoms with E-state index in [1.165, 1.54) is 6.20 Å². The van der Waals surface area contributed by atoms with Crippen LogP contribution >= 0.6 is 11.6 Å². The molecule has 0 aromatic carbocycles. The number of nitrogens with zero attached hydrogens (tertiary/aromatic N) is 2. The van der Waals surface area contributed by atoms with Gasteiger partial charge >= 0.3 is 0 Å². The Bertz CT molecular complexity index is 305. The normalized spacial score (nSPS) is 11.8. The van der Waals surface area contributed by atoms with E-state index >= 15 is 0 Å². The minimum absolute atomic E-state index is 0.0980. The third kappa shape index (κ3) is 2.11. The highest BCUT2D eigenvalue weighted by Gasteiger charge is 2.03. The Morgan fingerprint density at radius 1 is 1.58 bits per heavy atom. The zero-order chi connectivity index (χ0) is 8.97. The molecule has 0 saturated heterocycles. The SMILES string of the molecule is C#CC(C)Nc1nccnc1Cl. The lowest BCUT2D eigenvalue weighted by molar-refractivity contribution is 1.00. The van der Waals surface area contributed by atoms with E-state index < -0.39 is 0 Å². The van der Waals surface area contributed by atoms with Crippen molar-refractivity contribution in [2.75, 3.05) is 5.32 Å². The summed E-state index contributed by atoms with van der Waals surface area (Å²) in [6, 6.07) is -0.0980. The van der Waals surface area contributed by atoms with E-state index in [0.717, 1.165) is 0 Å². The largest absolute Gasteiger partial charge is 0.354 e. The van der Waals surface area contributed by atoms with Gasteiger partial charge in [0.15, 0.2) is 11.0 Å². The molecule has 62 valence electrons. The topological polar surface area (TPSA) is 37.8 Å². The van der Waals surface area contributed by atoms with E-state index in [2.05, 4.69) is 21.2 Å². The molecule has 1 N–H and O–H groups in total. The molecule has 12 heavy (non-hydrogen) atoms. The van der Waals surface area contributed by atoms with Gasteiger partial charge in [-0.05, 0) is 6.92 Å². The molecule has 0 aliphatic heterocycles. The van der Waals surface area contributed by atoms with E-state index in [0.29, 0.717) is 11.0 Å². The number of hydrogen-bond acceptors (Lipinski definition) is 3. The van der Waals surface area contributed by atoms with Gasteiger partial charge in [-0.25, -0.2) is 9.97 Å². The highest BCUT2D eigenvalue weighted by molar-refractivity contribution is 6.31. The van der Waals surface area contributed by atoms with Crippen molar-refractivity contribution in [3.8, 4) is 12.3 Å². The molecule has 1 rings (SSSR count). The van der Waals surface area contributed by atoms with Gasteiger partial charge in [-0.1, -0.05) is 17.5 Å². The lowest BCUT2D eigenvalue weighted by Crippen LogP contribution is -2.13. The summed E-state index contributed by atoms with van der Waals surface area (Å²) >= 11 is 5.72. The number of hydrogen-bond donors (Lipinski definition) is 1. The third-order valence-electron chi connectivity index (χ3n) is 1.26. The van der Waals surface area contributed by atoms with Crippen LogP contribution in [0.15, 0.2) is 12.4 Å². The Kier molecular flexibility index (Phi) is 2.89. The van der Waals surface area contributed by atoms with Crippen molar-refractivity contribution in [1.29, 1.82) is 0 Å². The van der Waals surface area contributed by atoms with Gasteiger partial charge < -0.3 is 5.32 Å². The summed E-state index contributed by atoms with van der Waals surface area (Å²) in [7, 11) is 0. The molecular weight excluding hydrogens is 174 g/mol. The maximum absolute atomic E-state index is 5.72. The highest BCUT2D eigenvalue weighted by atomic mass is 35.5. The molecule has 0 bridgehead atoms. The number of nitrogens with one attached hydrogen (secondary N) is 1. The first-order valence-corrected chi connectivity index (χ1v) is 3.81. The predicted octanol–water partition coefficient (Wildman–Crippen LogP) is 1.56. The molecule has 0 spiro atoms. The van der Waals surface area contributed by atoms with Crippen LogP contribution in [0.2, 0.25) is 5.15 Å². The number of terminal acetylenes is 1. The van der Waals surface area contributed by atoms with Gasteiger partial charge in [0.1, 0.15) is 0 Å². The first-order chi connectivity index (χ1) is 5.74. The van der Waals surface area contributed by atoms with Crippen LogP contribution in [0.25, 0.3) is 0 Å². The molecule has 3 nitrogen and oxygen atoms in total. The van der Waals surface area contributed by atoms with Gasteiger partial charge in [-0.3, -0.25) is 0 Å². The van der Waals surface area contributed by atoms with Crippen molar-refractivity contribution >= 4 is 17.4 Å². The number of anilines is 1. The molecule has 0 amide bonds. The van der Waals surface area contributed by atoms with Crippen LogP contribution in [-0.2, 0) is 0 Å². The predicted molar refractivity (Wildman–Crippen MR) is 49.0 cm³/mol. The van der Waals surface area contributed by atoms with E-state index in [9.17, 15) is 0 Å². The standard InChI is InChI=1S/C8H8ClN3/c1-3-6(2)12-8-7(9)10-4-5-11-8/h1,4-6H,2H3,(H,11,12). The van der Waals surface area contributed by atoms with Gasteiger partial charge in [0.25, 0.3) is 0 Å². The van der Waals surface area contributed by atoms with Crippen molar-refractivity contribution in [2.24, 2.45) is 0 Å². The van der Waals surface area contributed by atoms with Gasteiger partial charge in [0, 0.05) is 12.4 Å². The van der Waals surface area contributed by atoms with E-state index in [-0.39, 0.29) is 6.04 Å². The monoisotopic (exact) mass is 181 g/mol. The first kappa shape index (κ1) is 8.82. The number of aromatic nitrogens is 2. The molecule has 1 unspecified atom stereocenters. The van der Waals surface area contributed by atoms with Crippen LogP contribution < -0.4 is 5.32 Å². The van der Waals surface area contributed by atoms with Crippen molar-refractivity contribution in [3.63, 3.8) is 0 Å². The molecule has 1 aromatic rings. The molecule has 0 radical (unpaired) electrons. The summed E-state index contributed by atoms with van der Waals surface area (Å²) in [5.74, 6) is 3.02. The Morgan fingerprint density at radius 3 is 2.83 bits per heavy atom. The van der Waals surface area contributed by atoms with Crippen LogP contribution in [0.3, 0.4) is 0 Å². The minimum atomic E-state index is -0.0980. The Hall–Kier alpha value is -1.27. The summed E-state index contributed by atoms with van der Waals surface area (Å²) < 4.78 is 0. The first-order valence-electron chi connectivity index (χ1n) is 3.43. The fourth-order valence-corrected chi connectivity index (χ4v) is 0.824. The molecule has 0 aliphatic carbocycles. The maximum atomic E-state index is 5.72. The van der Waals surface area contributed by atoms with E-state index in [1.807, 2.05) is 6.92 Å². The van der Waals surface area contributed by atoms with E-state index in [4.69, 9.17) is 18.0 Å². The number of rotatable bonds is 2. The fraction of sp³-hybridized carbons (Fsp3) is 0.250. The van der Waals surface area contributed by atoms with Crippen molar-refractivity contribution < 1.29 is 0 Å². The molecular formula is C8H8ClN3. The molecule has 0 fully saturated rings. The van der Waals surface area contributed by atoms with Crippen molar-refractivity contribution in [2.45, 2.75) is 13.0 Å². The van der Waals surface area contributed by atoms with Gasteiger partial charge in [0.05, 0.1) is 6.04 Å². The molecule has 4 heteroatoms. The molecule has 0 aliphatic rings. The second-order valence-electron chi connectivity index (χ2n) is 2.23. The second kappa shape index (κ2) is 3.93. The summed E-state index contributed by atoms with van der Waals surface area (Å²) in [5.41, 5.74) is 0. The molecule has 1 heterocycles. The van der Waals surface area contributed by atoms with Gasteiger partial charge in [-0.15, -0.1) is 6.42 Å². The lowest BCUT2D eigenvalue weighted by Gasteiger charge is -2.07. The molecule has 1 aromatic heterocycles. The van der Waals surface area contributed by atoms with Gasteiger partial charge in [0.2, 0.25) is 0 Å². The van der Waals surface area contributed by atoms with Crippen molar-refractivity contribution in [3.05, 3.63) is 17.5 Å². The Morgan fingerprint density at radius 2 is 2.25 bits per heavy atom. The third-order valence-corrected chi connectivity index (χ3v) is 1.53. The van der Waals surface area contributed by atoms with Crippen LogP contribution in [-0.4, -0.2) is 16.0 Å². The quantitative estimate of drug-likeness (QED) is 0.704. The number of halogens is 1. The minimum Gasteiger partial charge on any atom is -0.354 e.